The molecule has 82 heavy (non-hydrogen) atoms. The van der Waals surface area contributed by atoms with Gasteiger partial charge in [0.1, 0.15) is 26.2 Å². The molecule has 2 aliphatic carbocycles. The smallest absolute Gasteiger partial charge is 0.485 e. The van der Waals surface area contributed by atoms with Crippen LogP contribution in [0.3, 0.4) is 0 Å². The molecule has 26 heteroatoms. The Kier molecular flexibility index (Phi) is 24.2. The van der Waals surface area contributed by atoms with Gasteiger partial charge in [-0.2, -0.15) is 26.3 Å². The Bertz CT molecular complexity index is 2330. The Balaban J connectivity index is 0.000000340. The number of rotatable bonds is 10. The molecule has 0 aromatic carbocycles. The molecule has 10 atom stereocenters. The Morgan fingerprint density at radius 3 is 1.07 bits per heavy atom. The molecule has 4 aliphatic heterocycles. The van der Waals surface area contributed by atoms with Crippen molar-refractivity contribution in [1.82, 2.24) is 0 Å². The highest BCUT2D eigenvalue weighted by atomic mass is 32.2. The van der Waals surface area contributed by atoms with Gasteiger partial charge in [-0.1, -0.05) is 55.4 Å². The second-order valence-corrected chi connectivity index (χ2v) is 41.1. The fourth-order valence-corrected chi connectivity index (χ4v) is 15.3. The number of hydrogen-bond donors (Lipinski definition) is 2. The van der Waals surface area contributed by atoms with Crippen molar-refractivity contribution in [3.63, 3.8) is 0 Å². The molecule has 6 aliphatic rings. The van der Waals surface area contributed by atoms with Crippen LogP contribution in [0.4, 0.5) is 26.3 Å². The van der Waals surface area contributed by atoms with Crippen LogP contribution in [0.25, 0.3) is 0 Å². The van der Waals surface area contributed by atoms with Crippen LogP contribution in [0.15, 0.2) is 0 Å². The van der Waals surface area contributed by atoms with E-state index in [9.17, 15) is 46.1 Å². The molecule has 6 rings (SSSR count). The fourth-order valence-electron chi connectivity index (χ4n) is 12.5. The minimum atomic E-state index is -6.09. The molecule has 16 nitrogen and oxygen atoms in total. The van der Waals surface area contributed by atoms with Crippen molar-refractivity contribution in [2.45, 2.75) is 246 Å². The first-order chi connectivity index (χ1) is 36.7. The van der Waals surface area contributed by atoms with Gasteiger partial charge in [0, 0.05) is 50.4 Å². The number of carbonyl (C=O) groups excluding carboxylic acids is 2. The maximum absolute atomic E-state index is 12.5. The predicted octanol–water partition coefficient (Wildman–Crippen LogP) is 10.9. The highest BCUT2D eigenvalue weighted by Crippen LogP contribution is 2.57. The van der Waals surface area contributed by atoms with Crippen LogP contribution in [0.1, 0.15) is 174 Å². The number of halogens is 6. The first-order valence-corrected chi connectivity index (χ1v) is 37.7. The van der Waals surface area contributed by atoms with E-state index in [0.29, 0.717) is 13.2 Å². The number of esters is 2. The first kappa shape index (κ1) is 74.2. The zero-order valence-electron chi connectivity index (χ0n) is 52.1. The van der Waals surface area contributed by atoms with Crippen molar-refractivity contribution in [3.8, 4) is 0 Å². The van der Waals surface area contributed by atoms with Crippen molar-refractivity contribution < 1.29 is 99.6 Å². The van der Waals surface area contributed by atoms with Gasteiger partial charge < -0.3 is 37.6 Å². The van der Waals surface area contributed by atoms with E-state index in [1.54, 1.807) is 0 Å². The number of hydrogen-bond acceptors (Lipinski definition) is 14. The molecule has 2 spiro atoms. The molecule has 0 aromatic heterocycles. The fraction of sp³-hybridized carbons (Fsp3) is 0.929. The summed E-state index contributed by atoms with van der Waals surface area (Å²) in [4.78, 5) is 25.0. The van der Waals surface area contributed by atoms with Gasteiger partial charge in [0.2, 0.25) is 0 Å². The number of alkyl halides is 6. The van der Waals surface area contributed by atoms with Gasteiger partial charge in [0.25, 0.3) is 0 Å². The lowest BCUT2D eigenvalue weighted by atomic mass is 9.54. The van der Waals surface area contributed by atoms with Crippen LogP contribution < -0.4 is 0 Å². The first-order valence-electron chi connectivity index (χ1n) is 29.1. The summed E-state index contributed by atoms with van der Waals surface area (Å²) >= 11 is 0. The predicted molar refractivity (Wildman–Crippen MR) is 304 cm³/mol. The van der Waals surface area contributed by atoms with Crippen LogP contribution in [0.5, 0.6) is 0 Å². The monoisotopic (exact) mass is 1260 g/mol. The largest absolute Gasteiger partial charge is 0.741 e. The summed E-state index contributed by atoms with van der Waals surface area (Å²) < 4.78 is 149. The maximum Gasteiger partial charge on any atom is 0.485 e. The molecule has 2 fully saturated rings. The molecular weight excluding hydrogens is 1160 g/mol. The third-order valence-corrected chi connectivity index (χ3v) is 28.8. The molecular formula is C56H100F6N2O14S2Si2. The van der Waals surface area contributed by atoms with E-state index < -0.39 is 58.7 Å². The summed E-state index contributed by atoms with van der Waals surface area (Å²) in [5.41, 5.74) is -9.87. The molecule has 2 N–H and O–H groups in total. The van der Waals surface area contributed by atoms with Gasteiger partial charge in [-0.3, -0.25) is 9.59 Å². The van der Waals surface area contributed by atoms with Gasteiger partial charge in [0.15, 0.2) is 48.3 Å². The quantitative estimate of drug-likeness (QED) is 0.0517. The molecule has 0 unspecified atom stereocenters. The third kappa shape index (κ3) is 17.6. The Morgan fingerprint density at radius 2 is 0.829 bits per heavy atom. The average Bonchev–Trinajstić information content (AvgIpc) is 3.99. The van der Waals surface area contributed by atoms with Crippen LogP contribution in [0.2, 0.25) is 36.3 Å². The Hall–Kier alpha value is -2.05. The van der Waals surface area contributed by atoms with Crippen molar-refractivity contribution >= 4 is 60.2 Å². The second kappa shape index (κ2) is 26.7. The van der Waals surface area contributed by atoms with E-state index in [1.165, 1.54) is 24.3 Å². The second-order valence-electron chi connectivity index (χ2n) is 28.9. The molecule has 0 bridgehead atoms. The standard InChI is InChI=1S/2C27H50NO4Si.2CHF3O3S/c2*1-19-18-22(29)27(14-11-16-28-15-10-12-21(27)28)20(13-17-31-24(30)25(2,3)4)23(19)32-33(8,9)26(5,6)7;2*2-1(3,4)8(5,6)7/h2*19-20,22-23,29H,10-18H2,1-9H3;2*(H,5,6,7)/q2*+1;;/p-2/t2*19-,20+,22-,23-,27+;;/m00../s1. The van der Waals surface area contributed by atoms with Crippen molar-refractivity contribution in [2.24, 2.45) is 45.3 Å². The molecule has 0 aromatic rings. The van der Waals surface area contributed by atoms with Gasteiger partial charge in [0.05, 0.1) is 59.3 Å². The van der Waals surface area contributed by atoms with Crippen LogP contribution in [-0.4, -0.2) is 160 Å². The molecule has 480 valence electrons. The SMILES string of the molecule is C[C@H]1C[C@H](O)[C@]2(CCC[N+]3=C2CCC3)[C@H](CCOC(=O)C(C)(C)C)[C@H]1O[Si](C)(C)C(C)(C)C.C[C@H]1C[C@H](O)[C@]2(CCC[N+]3=C2CCC3)[C@H](CCOC(=O)C(C)(C)C)[C@H]1O[Si](C)(C)C(C)(C)C.O=S(=O)([O-])C(F)(F)F.O=S(=O)([O-])C(F)(F)F. The number of ether oxygens (including phenoxy) is 2. The number of fused-ring (bicyclic) bond motifs is 2. The number of nitrogens with zero attached hydrogens (tertiary/aromatic N) is 2. The van der Waals surface area contributed by atoms with Gasteiger partial charge >= 0.3 is 23.0 Å². The van der Waals surface area contributed by atoms with Crippen molar-refractivity contribution in [2.75, 3.05) is 39.4 Å². The highest BCUT2D eigenvalue weighted by Gasteiger charge is 2.64. The zero-order chi connectivity index (χ0) is 63.6. The van der Waals surface area contributed by atoms with E-state index in [-0.39, 0.29) is 80.9 Å². The minimum Gasteiger partial charge on any atom is -0.741 e. The maximum atomic E-state index is 12.5. The van der Waals surface area contributed by atoms with E-state index in [0.717, 1.165) is 90.4 Å². The lowest BCUT2D eigenvalue weighted by Crippen LogP contribution is -2.63. The highest BCUT2D eigenvalue weighted by molar-refractivity contribution is 7.86. The van der Waals surface area contributed by atoms with E-state index in [4.69, 9.17) is 44.3 Å². The van der Waals surface area contributed by atoms with Gasteiger partial charge in [-0.25, -0.2) is 26.0 Å². The summed E-state index contributed by atoms with van der Waals surface area (Å²) in [6.45, 7) is 44.3. The van der Waals surface area contributed by atoms with Gasteiger partial charge in [-0.05, 0) is 128 Å². The van der Waals surface area contributed by atoms with Crippen LogP contribution >= 0.6 is 0 Å². The topological polar surface area (TPSA) is 232 Å². The average molecular weight is 1260 g/mol. The Labute approximate surface area is 488 Å². The molecule has 0 radical (unpaired) electrons. The summed E-state index contributed by atoms with van der Waals surface area (Å²) in [7, 11) is -16.2. The number of aliphatic hydroxyl groups excluding tert-OH is 2. The van der Waals surface area contributed by atoms with Crippen molar-refractivity contribution in [1.29, 1.82) is 0 Å². The number of aliphatic hydroxyl groups is 2. The molecule has 4 heterocycles. The Morgan fingerprint density at radius 1 is 0.561 bits per heavy atom. The molecule has 0 saturated heterocycles. The summed E-state index contributed by atoms with van der Waals surface area (Å²) in [5.74, 6) is 0.576. The lowest BCUT2D eigenvalue weighted by Gasteiger charge is -2.55. The number of carbonyl (C=O) groups is 2. The lowest BCUT2D eigenvalue weighted by molar-refractivity contribution is -0.531. The molecule has 0 amide bonds. The third-order valence-electron chi connectivity index (χ3n) is 18.8. The summed E-state index contributed by atoms with van der Waals surface area (Å²) in [5, 5.41) is 23.6. The normalized spacial score (nSPS) is 29.6. The van der Waals surface area contributed by atoms with Crippen LogP contribution in [-0.2, 0) is 48.2 Å². The van der Waals surface area contributed by atoms with Crippen LogP contribution in [0, 0.1) is 45.3 Å². The van der Waals surface area contributed by atoms with E-state index in [2.05, 4.69) is 90.7 Å². The molecule has 2 saturated carbocycles. The summed E-state index contributed by atoms with van der Waals surface area (Å²) in [6, 6.07) is 0. The minimum absolute atomic E-state index is 0.0793. The van der Waals surface area contributed by atoms with Gasteiger partial charge in [-0.15, -0.1) is 0 Å². The summed E-state index contributed by atoms with van der Waals surface area (Å²) in [6.07, 6.45) is 11.3. The zero-order valence-corrected chi connectivity index (χ0v) is 55.8. The van der Waals surface area contributed by atoms with E-state index >= 15 is 0 Å². The van der Waals surface area contributed by atoms with E-state index in [1.807, 2.05) is 41.5 Å². The van der Waals surface area contributed by atoms with Crippen molar-refractivity contribution in [3.05, 3.63) is 0 Å².